The maximum atomic E-state index is 12.8. The molecule has 20 heavy (non-hydrogen) atoms. The summed E-state index contributed by atoms with van der Waals surface area (Å²) in [5.74, 6) is 0.256. The number of carbonyl (C=O) groups excluding carboxylic acids is 1. The number of hydrogen-bond donors (Lipinski definition) is 0. The van der Waals surface area contributed by atoms with Crippen LogP contribution in [0.2, 0.25) is 0 Å². The molecule has 1 unspecified atom stereocenters. The Bertz CT molecular complexity index is 505. The highest BCUT2D eigenvalue weighted by atomic mass is 16.2. The highest BCUT2D eigenvalue weighted by molar-refractivity contribution is 5.82. The molecule has 0 bridgehead atoms. The SMILES string of the molecule is CC(C)(C)C(=O)N1Cc2ccccc2CC1C(C)(C)C. The van der Waals surface area contributed by atoms with Crippen LogP contribution in [0, 0.1) is 10.8 Å². The van der Waals surface area contributed by atoms with Crippen molar-refractivity contribution in [2.45, 2.75) is 60.5 Å². The second-order valence-corrected chi connectivity index (χ2v) is 8.04. The molecule has 0 aliphatic carbocycles. The third-order valence-corrected chi connectivity index (χ3v) is 4.15. The van der Waals surface area contributed by atoms with Gasteiger partial charge in [0.05, 0.1) is 0 Å². The Balaban J connectivity index is 2.41. The Morgan fingerprint density at radius 3 is 2.10 bits per heavy atom. The first kappa shape index (κ1) is 15.1. The molecule has 1 aromatic rings. The van der Waals surface area contributed by atoms with Gasteiger partial charge in [-0.1, -0.05) is 65.8 Å². The van der Waals surface area contributed by atoms with Crippen molar-refractivity contribution in [3.63, 3.8) is 0 Å². The summed E-state index contributed by atoms with van der Waals surface area (Å²) in [6, 6.07) is 8.78. The van der Waals surface area contributed by atoms with E-state index in [4.69, 9.17) is 0 Å². The second-order valence-electron chi connectivity index (χ2n) is 8.04. The van der Waals surface area contributed by atoms with Gasteiger partial charge >= 0.3 is 0 Å². The Labute approximate surface area is 123 Å². The van der Waals surface area contributed by atoms with E-state index in [0.29, 0.717) is 0 Å². The van der Waals surface area contributed by atoms with Gasteiger partial charge < -0.3 is 4.90 Å². The van der Waals surface area contributed by atoms with E-state index in [-0.39, 0.29) is 22.8 Å². The predicted molar refractivity (Wildman–Crippen MR) is 83.4 cm³/mol. The van der Waals surface area contributed by atoms with E-state index in [0.717, 1.165) is 13.0 Å². The van der Waals surface area contributed by atoms with Crippen molar-refractivity contribution in [3.05, 3.63) is 35.4 Å². The average Bonchev–Trinajstić information content (AvgIpc) is 2.34. The number of benzene rings is 1. The van der Waals surface area contributed by atoms with Gasteiger partial charge in [0.15, 0.2) is 0 Å². The van der Waals surface area contributed by atoms with Crippen molar-refractivity contribution in [2.75, 3.05) is 0 Å². The summed E-state index contributed by atoms with van der Waals surface area (Å²) in [4.78, 5) is 14.9. The summed E-state index contributed by atoms with van der Waals surface area (Å²) in [5, 5.41) is 0. The first-order valence-corrected chi connectivity index (χ1v) is 7.48. The summed E-state index contributed by atoms with van der Waals surface area (Å²) in [5.41, 5.74) is 2.46. The number of amides is 1. The number of nitrogens with zero attached hydrogens (tertiary/aromatic N) is 1. The van der Waals surface area contributed by atoms with Gasteiger partial charge in [0.1, 0.15) is 0 Å². The van der Waals surface area contributed by atoms with Crippen molar-refractivity contribution in [1.82, 2.24) is 4.90 Å². The van der Waals surface area contributed by atoms with Gasteiger partial charge in [-0.05, 0) is 23.0 Å². The Kier molecular flexibility index (Phi) is 3.70. The van der Waals surface area contributed by atoms with Crippen LogP contribution in [0.3, 0.4) is 0 Å². The first-order chi connectivity index (χ1) is 9.10. The average molecular weight is 273 g/mol. The van der Waals surface area contributed by atoms with E-state index in [1.54, 1.807) is 0 Å². The molecule has 0 fully saturated rings. The van der Waals surface area contributed by atoms with E-state index >= 15 is 0 Å². The van der Waals surface area contributed by atoms with Crippen molar-refractivity contribution in [3.8, 4) is 0 Å². The molecule has 0 spiro atoms. The highest BCUT2D eigenvalue weighted by Gasteiger charge is 2.40. The largest absolute Gasteiger partial charge is 0.334 e. The third-order valence-electron chi connectivity index (χ3n) is 4.15. The van der Waals surface area contributed by atoms with E-state index in [2.05, 4.69) is 49.9 Å². The number of rotatable bonds is 0. The monoisotopic (exact) mass is 273 g/mol. The van der Waals surface area contributed by atoms with Gasteiger partial charge in [-0.3, -0.25) is 4.79 Å². The zero-order chi connectivity index (χ0) is 15.1. The van der Waals surface area contributed by atoms with Gasteiger partial charge in [0.25, 0.3) is 0 Å². The smallest absolute Gasteiger partial charge is 0.228 e. The van der Waals surface area contributed by atoms with Crippen LogP contribution in [0.4, 0.5) is 0 Å². The fourth-order valence-corrected chi connectivity index (χ4v) is 2.94. The lowest BCUT2D eigenvalue weighted by Gasteiger charge is -2.46. The summed E-state index contributed by atoms with van der Waals surface area (Å²) in [6.07, 6.45) is 0.960. The van der Waals surface area contributed by atoms with Crippen LogP contribution in [-0.4, -0.2) is 16.8 Å². The molecule has 2 rings (SSSR count). The lowest BCUT2D eigenvalue weighted by atomic mass is 9.77. The first-order valence-electron chi connectivity index (χ1n) is 7.48. The number of fused-ring (bicyclic) bond motifs is 1. The molecule has 1 amide bonds. The van der Waals surface area contributed by atoms with Crippen LogP contribution < -0.4 is 0 Å². The molecule has 1 atom stereocenters. The maximum absolute atomic E-state index is 12.8. The van der Waals surface area contributed by atoms with Crippen LogP contribution in [0.5, 0.6) is 0 Å². The molecular formula is C18H27NO. The quantitative estimate of drug-likeness (QED) is 0.699. The third kappa shape index (κ3) is 2.89. The van der Waals surface area contributed by atoms with Gasteiger partial charge in [-0.25, -0.2) is 0 Å². The van der Waals surface area contributed by atoms with Crippen LogP contribution in [0.15, 0.2) is 24.3 Å². The summed E-state index contributed by atoms with van der Waals surface area (Å²) >= 11 is 0. The zero-order valence-electron chi connectivity index (χ0n) is 13.7. The van der Waals surface area contributed by atoms with E-state index < -0.39 is 0 Å². The van der Waals surface area contributed by atoms with E-state index in [1.807, 2.05) is 20.8 Å². The van der Waals surface area contributed by atoms with Crippen LogP contribution in [-0.2, 0) is 17.8 Å². The topological polar surface area (TPSA) is 20.3 Å². The summed E-state index contributed by atoms with van der Waals surface area (Å²) in [7, 11) is 0. The lowest BCUT2D eigenvalue weighted by molar-refractivity contribution is -0.146. The Morgan fingerprint density at radius 1 is 1.05 bits per heavy atom. The number of carbonyl (C=O) groups is 1. The molecule has 0 radical (unpaired) electrons. The molecule has 1 aliphatic rings. The normalized spacial score (nSPS) is 19.7. The minimum absolute atomic E-state index is 0.0917. The predicted octanol–water partition coefficient (Wildman–Crippen LogP) is 4.03. The van der Waals surface area contributed by atoms with Gasteiger partial charge in [0.2, 0.25) is 5.91 Å². The van der Waals surface area contributed by atoms with E-state index in [9.17, 15) is 4.79 Å². The molecule has 0 aromatic heterocycles. The minimum Gasteiger partial charge on any atom is -0.334 e. The van der Waals surface area contributed by atoms with Crippen molar-refractivity contribution in [2.24, 2.45) is 10.8 Å². The summed E-state index contributed by atoms with van der Waals surface area (Å²) in [6.45, 7) is 13.5. The highest BCUT2D eigenvalue weighted by Crippen LogP contribution is 2.36. The van der Waals surface area contributed by atoms with Gasteiger partial charge in [-0.2, -0.15) is 0 Å². The van der Waals surface area contributed by atoms with Gasteiger partial charge in [-0.15, -0.1) is 0 Å². The zero-order valence-corrected chi connectivity index (χ0v) is 13.7. The molecule has 0 saturated heterocycles. The van der Waals surface area contributed by atoms with Gasteiger partial charge in [0, 0.05) is 18.0 Å². The standard InChI is InChI=1S/C18H27NO/c1-17(2,3)15-11-13-9-7-8-10-14(13)12-19(15)16(20)18(4,5)6/h7-10,15H,11-12H2,1-6H3. The molecule has 2 heteroatoms. The van der Waals surface area contributed by atoms with Crippen LogP contribution in [0.1, 0.15) is 52.7 Å². The fraction of sp³-hybridized carbons (Fsp3) is 0.611. The van der Waals surface area contributed by atoms with Crippen LogP contribution >= 0.6 is 0 Å². The van der Waals surface area contributed by atoms with Crippen LogP contribution in [0.25, 0.3) is 0 Å². The molecule has 1 heterocycles. The molecule has 2 nitrogen and oxygen atoms in total. The minimum atomic E-state index is -0.324. The second kappa shape index (κ2) is 4.91. The number of hydrogen-bond acceptors (Lipinski definition) is 1. The molecule has 110 valence electrons. The van der Waals surface area contributed by atoms with Crippen molar-refractivity contribution in [1.29, 1.82) is 0 Å². The molecule has 0 N–H and O–H groups in total. The fourth-order valence-electron chi connectivity index (χ4n) is 2.94. The lowest BCUT2D eigenvalue weighted by Crippen LogP contribution is -2.53. The molecule has 1 aromatic carbocycles. The Hall–Kier alpha value is -1.31. The molecular weight excluding hydrogens is 246 g/mol. The Morgan fingerprint density at radius 2 is 1.60 bits per heavy atom. The maximum Gasteiger partial charge on any atom is 0.228 e. The summed E-state index contributed by atoms with van der Waals surface area (Å²) < 4.78 is 0. The van der Waals surface area contributed by atoms with Crippen molar-refractivity contribution >= 4 is 5.91 Å². The van der Waals surface area contributed by atoms with E-state index in [1.165, 1.54) is 11.1 Å². The molecule has 0 saturated carbocycles. The van der Waals surface area contributed by atoms with Crippen molar-refractivity contribution < 1.29 is 4.79 Å². The molecule has 1 aliphatic heterocycles.